The minimum atomic E-state index is -0.173. The van der Waals surface area contributed by atoms with Crippen molar-refractivity contribution in [1.82, 2.24) is 9.97 Å². The Hall–Kier alpha value is -0.880. The molecule has 0 aliphatic carbocycles. The maximum atomic E-state index is 11.4. The van der Waals surface area contributed by atoms with E-state index in [2.05, 4.69) is 38.1 Å². The number of ether oxygens (including phenoxy) is 1. The molecule has 0 spiro atoms. The molecule has 2 heterocycles. The van der Waals surface area contributed by atoms with Gasteiger partial charge in [-0.25, -0.2) is 4.98 Å². The van der Waals surface area contributed by atoms with E-state index in [1.54, 1.807) is 0 Å². The fourth-order valence-corrected chi connectivity index (χ4v) is 2.02. The molecule has 1 aliphatic heterocycles. The van der Waals surface area contributed by atoms with Crippen LogP contribution in [0.2, 0.25) is 0 Å². The summed E-state index contributed by atoms with van der Waals surface area (Å²) in [5, 5.41) is 3.31. The van der Waals surface area contributed by atoms with Crippen LogP contribution in [0.25, 0.3) is 0 Å². The molecule has 1 fully saturated rings. The summed E-state index contributed by atoms with van der Waals surface area (Å²) in [7, 11) is 0. The fraction of sp³-hybridized carbons (Fsp3) is 0.600. The van der Waals surface area contributed by atoms with Gasteiger partial charge in [-0.05, 0) is 35.7 Å². The van der Waals surface area contributed by atoms with Gasteiger partial charge in [-0.15, -0.1) is 0 Å². The second-order valence-corrected chi connectivity index (χ2v) is 4.99. The second kappa shape index (κ2) is 4.55. The first-order valence-corrected chi connectivity index (χ1v) is 5.99. The van der Waals surface area contributed by atoms with Gasteiger partial charge in [0.1, 0.15) is 10.3 Å². The van der Waals surface area contributed by atoms with Crippen molar-refractivity contribution in [3.8, 4) is 0 Å². The molecule has 1 aliphatic rings. The molecular formula is C10H14BrN3O2. The third-order valence-electron chi connectivity index (χ3n) is 2.81. The fourth-order valence-electron chi connectivity index (χ4n) is 1.70. The number of aromatic amines is 1. The van der Waals surface area contributed by atoms with Crippen molar-refractivity contribution in [3.05, 3.63) is 21.2 Å². The van der Waals surface area contributed by atoms with Gasteiger partial charge in [0, 0.05) is 18.8 Å². The van der Waals surface area contributed by atoms with Gasteiger partial charge in [-0.1, -0.05) is 0 Å². The van der Waals surface area contributed by atoms with Crippen LogP contribution < -0.4 is 10.9 Å². The van der Waals surface area contributed by atoms with Gasteiger partial charge in [0.15, 0.2) is 0 Å². The summed E-state index contributed by atoms with van der Waals surface area (Å²) < 4.78 is 5.76. The molecule has 1 saturated heterocycles. The Bertz CT molecular complexity index is 426. The number of aromatic nitrogens is 2. The molecule has 5 nitrogen and oxygen atoms in total. The van der Waals surface area contributed by atoms with Crippen LogP contribution in [0.4, 0.5) is 5.82 Å². The first-order chi connectivity index (χ1) is 7.61. The average molecular weight is 288 g/mol. The molecule has 88 valence electrons. The molecule has 2 rings (SSSR count). The Morgan fingerprint density at radius 3 is 2.94 bits per heavy atom. The predicted molar refractivity (Wildman–Crippen MR) is 64.6 cm³/mol. The smallest absolute Gasteiger partial charge is 0.267 e. The van der Waals surface area contributed by atoms with Crippen molar-refractivity contribution in [1.29, 1.82) is 0 Å². The van der Waals surface area contributed by atoms with Gasteiger partial charge in [-0.3, -0.25) is 4.79 Å². The van der Waals surface area contributed by atoms with Crippen molar-refractivity contribution in [3.63, 3.8) is 0 Å². The van der Waals surface area contributed by atoms with Crippen molar-refractivity contribution in [2.24, 2.45) is 0 Å². The van der Waals surface area contributed by atoms with Gasteiger partial charge < -0.3 is 15.0 Å². The van der Waals surface area contributed by atoms with Crippen LogP contribution in [0, 0.1) is 0 Å². The van der Waals surface area contributed by atoms with Crippen LogP contribution in [-0.4, -0.2) is 28.7 Å². The first kappa shape index (κ1) is 11.6. The zero-order chi connectivity index (χ0) is 11.6. The Kier molecular flexibility index (Phi) is 3.30. The van der Waals surface area contributed by atoms with E-state index in [-0.39, 0.29) is 11.1 Å². The van der Waals surface area contributed by atoms with Gasteiger partial charge in [0.25, 0.3) is 5.56 Å². The minimum Gasteiger partial charge on any atom is -0.381 e. The summed E-state index contributed by atoms with van der Waals surface area (Å²) in [6.45, 7) is 3.60. The number of H-pyrrole nitrogens is 1. The lowest BCUT2D eigenvalue weighted by molar-refractivity contribution is 0.0657. The Balaban J connectivity index is 2.19. The first-order valence-electron chi connectivity index (χ1n) is 5.20. The highest BCUT2D eigenvalue weighted by Gasteiger charge is 2.28. The monoisotopic (exact) mass is 287 g/mol. The van der Waals surface area contributed by atoms with E-state index in [9.17, 15) is 4.79 Å². The maximum Gasteiger partial charge on any atom is 0.267 e. The van der Waals surface area contributed by atoms with E-state index in [0.29, 0.717) is 10.3 Å². The number of anilines is 1. The van der Waals surface area contributed by atoms with Crippen molar-refractivity contribution < 1.29 is 4.74 Å². The summed E-state index contributed by atoms with van der Waals surface area (Å²) in [6.07, 6.45) is 3.22. The van der Waals surface area contributed by atoms with Crippen LogP contribution in [0.1, 0.15) is 19.8 Å². The number of nitrogens with one attached hydrogen (secondary N) is 2. The Morgan fingerprint density at radius 1 is 1.56 bits per heavy atom. The number of rotatable bonds is 2. The zero-order valence-corrected chi connectivity index (χ0v) is 10.6. The summed E-state index contributed by atoms with van der Waals surface area (Å²) in [4.78, 5) is 18.0. The molecule has 1 aromatic heterocycles. The maximum absolute atomic E-state index is 11.4. The standard InChI is InChI=1S/C10H14BrN3O2/c1-10(2-4-16-5-3-10)14-8-7(11)9(15)13-6-12-8/h6H,2-5H2,1H3,(H2,12,13,14,15). The topological polar surface area (TPSA) is 67.0 Å². The van der Waals surface area contributed by atoms with Crippen molar-refractivity contribution in [2.75, 3.05) is 18.5 Å². The van der Waals surface area contributed by atoms with Crippen LogP contribution in [-0.2, 0) is 4.74 Å². The highest BCUT2D eigenvalue weighted by atomic mass is 79.9. The molecule has 0 radical (unpaired) electrons. The van der Waals surface area contributed by atoms with Crippen LogP contribution >= 0.6 is 15.9 Å². The van der Waals surface area contributed by atoms with Gasteiger partial charge in [0.05, 0.1) is 6.33 Å². The minimum absolute atomic E-state index is 0.0540. The predicted octanol–water partition coefficient (Wildman–Crippen LogP) is 1.51. The highest BCUT2D eigenvalue weighted by Crippen LogP contribution is 2.26. The quantitative estimate of drug-likeness (QED) is 0.865. The summed E-state index contributed by atoms with van der Waals surface area (Å²) in [6, 6.07) is 0. The number of hydrogen-bond acceptors (Lipinski definition) is 4. The second-order valence-electron chi connectivity index (χ2n) is 4.19. The lowest BCUT2D eigenvalue weighted by atomic mass is 9.92. The molecule has 1 aromatic rings. The van der Waals surface area contributed by atoms with Gasteiger partial charge >= 0.3 is 0 Å². The van der Waals surface area contributed by atoms with Crippen LogP contribution in [0.15, 0.2) is 15.6 Å². The molecular weight excluding hydrogens is 274 g/mol. The number of nitrogens with zero attached hydrogens (tertiary/aromatic N) is 1. The molecule has 0 atom stereocenters. The Labute approximate surface area is 102 Å². The highest BCUT2D eigenvalue weighted by molar-refractivity contribution is 9.10. The van der Waals surface area contributed by atoms with E-state index >= 15 is 0 Å². The van der Waals surface area contributed by atoms with E-state index in [4.69, 9.17) is 4.74 Å². The van der Waals surface area contributed by atoms with Gasteiger partial charge in [-0.2, -0.15) is 0 Å². The molecule has 0 bridgehead atoms. The molecule has 0 aromatic carbocycles. The number of halogens is 1. The molecule has 2 N–H and O–H groups in total. The third kappa shape index (κ3) is 2.44. The normalized spacial score (nSPS) is 19.4. The summed E-state index contributed by atoms with van der Waals surface area (Å²) in [5.74, 6) is 0.591. The van der Waals surface area contributed by atoms with Gasteiger partial charge in [0.2, 0.25) is 0 Å². The largest absolute Gasteiger partial charge is 0.381 e. The van der Waals surface area contributed by atoms with Crippen LogP contribution in [0.5, 0.6) is 0 Å². The average Bonchev–Trinajstić information content (AvgIpc) is 2.26. The Morgan fingerprint density at radius 2 is 2.25 bits per heavy atom. The summed E-state index contributed by atoms with van der Waals surface area (Å²) in [5.41, 5.74) is -0.227. The van der Waals surface area contributed by atoms with Crippen molar-refractivity contribution in [2.45, 2.75) is 25.3 Å². The lowest BCUT2D eigenvalue weighted by Crippen LogP contribution is -2.41. The number of hydrogen-bond donors (Lipinski definition) is 2. The van der Waals surface area contributed by atoms with E-state index in [0.717, 1.165) is 26.1 Å². The lowest BCUT2D eigenvalue weighted by Gasteiger charge is -2.35. The molecule has 0 amide bonds. The molecule has 0 unspecified atom stereocenters. The summed E-state index contributed by atoms with van der Waals surface area (Å²) >= 11 is 3.23. The van der Waals surface area contributed by atoms with E-state index < -0.39 is 0 Å². The molecule has 0 saturated carbocycles. The van der Waals surface area contributed by atoms with Crippen LogP contribution in [0.3, 0.4) is 0 Å². The molecule has 6 heteroatoms. The zero-order valence-electron chi connectivity index (χ0n) is 9.05. The third-order valence-corrected chi connectivity index (χ3v) is 3.55. The molecule has 16 heavy (non-hydrogen) atoms. The van der Waals surface area contributed by atoms with Crippen molar-refractivity contribution >= 4 is 21.7 Å². The van der Waals surface area contributed by atoms with E-state index in [1.165, 1.54) is 6.33 Å². The SMILES string of the molecule is CC1(Nc2nc[nH]c(=O)c2Br)CCOCC1. The van der Waals surface area contributed by atoms with E-state index in [1.807, 2.05) is 0 Å².